The fourth-order valence-electron chi connectivity index (χ4n) is 0.756. The summed E-state index contributed by atoms with van der Waals surface area (Å²) >= 11 is 6.81. The van der Waals surface area contributed by atoms with Crippen molar-refractivity contribution in [3.8, 4) is 0 Å². The van der Waals surface area contributed by atoms with Crippen LogP contribution in [0.3, 0.4) is 0 Å². The van der Waals surface area contributed by atoms with Gasteiger partial charge in [-0.3, -0.25) is 4.79 Å². The van der Waals surface area contributed by atoms with Gasteiger partial charge in [-0.1, -0.05) is 11.3 Å². The van der Waals surface area contributed by atoms with Crippen molar-refractivity contribution in [1.29, 1.82) is 0 Å². The van der Waals surface area contributed by atoms with Crippen LogP contribution in [-0.4, -0.2) is 22.0 Å². The second-order valence-corrected chi connectivity index (χ2v) is 4.03. The monoisotopic (exact) mass is 219 g/mol. The van der Waals surface area contributed by atoms with Crippen LogP contribution >= 0.6 is 22.9 Å². The lowest BCUT2D eigenvalue weighted by Crippen LogP contribution is -2.10. The number of hydrogen-bond donors (Lipinski definition) is 1. The zero-order chi connectivity index (χ0) is 9.68. The summed E-state index contributed by atoms with van der Waals surface area (Å²) in [5, 5.41) is 11.6. The van der Waals surface area contributed by atoms with Crippen LogP contribution in [0, 0.1) is 6.92 Å². The third kappa shape index (κ3) is 3.69. The molecule has 1 heterocycles. The van der Waals surface area contributed by atoms with Crippen LogP contribution in [-0.2, 0) is 4.79 Å². The van der Waals surface area contributed by atoms with Gasteiger partial charge in [-0.25, -0.2) is 0 Å². The van der Waals surface area contributed by atoms with Gasteiger partial charge in [0.2, 0.25) is 11.0 Å². The number of nitrogens with one attached hydrogen (secondary N) is 1. The average Bonchev–Trinajstić information content (AvgIpc) is 2.48. The Balaban J connectivity index is 2.36. The number of anilines is 1. The van der Waals surface area contributed by atoms with E-state index in [1.165, 1.54) is 11.3 Å². The van der Waals surface area contributed by atoms with Crippen molar-refractivity contribution in [3.63, 3.8) is 0 Å². The van der Waals surface area contributed by atoms with Gasteiger partial charge in [-0.05, 0) is 13.3 Å². The molecule has 6 heteroatoms. The molecule has 0 saturated carbocycles. The molecule has 4 nitrogen and oxygen atoms in total. The Kier molecular flexibility index (Phi) is 4.11. The maximum atomic E-state index is 11.1. The van der Waals surface area contributed by atoms with Gasteiger partial charge in [0.15, 0.2) is 0 Å². The lowest BCUT2D eigenvalue weighted by atomic mass is 10.3. The smallest absolute Gasteiger partial charge is 0.226 e. The van der Waals surface area contributed by atoms with E-state index in [9.17, 15) is 4.79 Å². The number of halogens is 1. The molecule has 0 aliphatic rings. The minimum absolute atomic E-state index is 0.0585. The number of carbonyl (C=O) groups is 1. The Bertz CT molecular complexity index is 289. The highest BCUT2D eigenvalue weighted by Crippen LogP contribution is 2.13. The maximum Gasteiger partial charge on any atom is 0.226 e. The van der Waals surface area contributed by atoms with Crippen molar-refractivity contribution in [1.82, 2.24) is 10.2 Å². The molecule has 0 aliphatic carbocycles. The van der Waals surface area contributed by atoms with Crippen LogP contribution in [0.4, 0.5) is 5.13 Å². The molecule has 0 atom stereocenters. The molecule has 0 aromatic carbocycles. The largest absolute Gasteiger partial charge is 0.301 e. The first-order valence-corrected chi connectivity index (χ1v) is 5.23. The molecular weight excluding hydrogens is 210 g/mol. The topological polar surface area (TPSA) is 54.9 Å². The van der Waals surface area contributed by atoms with Crippen LogP contribution < -0.4 is 5.32 Å². The Morgan fingerprint density at radius 3 is 2.92 bits per heavy atom. The normalized spacial score (nSPS) is 10.0. The number of aryl methyl sites for hydroxylation is 1. The molecule has 13 heavy (non-hydrogen) atoms. The summed E-state index contributed by atoms with van der Waals surface area (Å²) < 4.78 is 0. The summed E-state index contributed by atoms with van der Waals surface area (Å²) in [6.07, 6.45) is 1.12. The number of carbonyl (C=O) groups excluding carboxylic acids is 1. The number of aromatic nitrogens is 2. The molecule has 0 saturated heterocycles. The van der Waals surface area contributed by atoms with Gasteiger partial charge in [-0.2, -0.15) is 0 Å². The van der Waals surface area contributed by atoms with Crippen LogP contribution in [0.25, 0.3) is 0 Å². The van der Waals surface area contributed by atoms with Crippen molar-refractivity contribution < 1.29 is 4.79 Å². The van der Waals surface area contributed by atoms with Crippen molar-refractivity contribution >= 4 is 34.0 Å². The summed E-state index contributed by atoms with van der Waals surface area (Å²) in [5.41, 5.74) is 0. The molecule has 1 aromatic heterocycles. The predicted octanol–water partition coefficient (Wildman–Crippen LogP) is 1.80. The highest BCUT2D eigenvalue weighted by Gasteiger charge is 2.04. The Morgan fingerprint density at radius 1 is 1.62 bits per heavy atom. The van der Waals surface area contributed by atoms with Gasteiger partial charge in [0, 0.05) is 12.3 Å². The summed E-state index contributed by atoms with van der Waals surface area (Å²) in [5.74, 6) is 0.444. The Hall–Kier alpha value is -0.680. The molecule has 0 unspecified atom stereocenters. The predicted molar refractivity (Wildman–Crippen MR) is 53.2 cm³/mol. The number of nitrogens with zero attached hydrogens (tertiary/aromatic N) is 2. The maximum absolute atomic E-state index is 11.1. The van der Waals surface area contributed by atoms with Crippen LogP contribution in [0.15, 0.2) is 0 Å². The Morgan fingerprint density at radius 2 is 2.38 bits per heavy atom. The minimum atomic E-state index is -0.0585. The SMILES string of the molecule is Cc1nnc(NC(=O)CCCCl)s1. The molecule has 1 aromatic rings. The van der Waals surface area contributed by atoms with Crippen LogP contribution in [0.2, 0.25) is 0 Å². The van der Waals surface area contributed by atoms with E-state index in [-0.39, 0.29) is 5.91 Å². The van der Waals surface area contributed by atoms with Crippen LogP contribution in [0.1, 0.15) is 17.8 Å². The molecule has 1 N–H and O–H groups in total. The van der Waals surface area contributed by atoms with Gasteiger partial charge in [-0.15, -0.1) is 21.8 Å². The van der Waals surface area contributed by atoms with Crippen LogP contribution in [0.5, 0.6) is 0 Å². The zero-order valence-corrected chi connectivity index (χ0v) is 8.78. The first kappa shape index (κ1) is 10.4. The second kappa shape index (κ2) is 5.14. The van der Waals surface area contributed by atoms with E-state index in [0.29, 0.717) is 23.9 Å². The van der Waals surface area contributed by atoms with Crippen molar-refractivity contribution in [2.45, 2.75) is 19.8 Å². The van der Waals surface area contributed by atoms with Gasteiger partial charge in [0.25, 0.3) is 0 Å². The fourth-order valence-corrected chi connectivity index (χ4v) is 1.50. The van der Waals surface area contributed by atoms with Gasteiger partial charge < -0.3 is 5.32 Å². The van der Waals surface area contributed by atoms with Gasteiger partial charge in [0.05, 0.1) is 0 Å². The second-order valence-electron chi connectivity index (χ2n) is 2.47. The summed E-state index contributed by atoms with van der Waals surface area (Å²) in [6, 6.07) is 0. The van der Waals surface area contributed by atoms with E-state index in [1.54, 1.807) is 0 Å². The number of rotatable bonds is 4. The van der Waals surface area contributed by atoms with Crippen molar-refractivity contribution in [3.05, 3.63) is 5.01 Å². The third-order valence-electron chi connectivity index (χ3n) is 1.31. The summed E-state index contributed by atoms with van der Waals surface area (Å²) in [7, 11) is 0. The van der Waals surface area contributed by atoms with Crippen molar-refractivity contribution in [2.24, 2.45) is 0 Å². The highest BCUT2D eigenvalue weighted by atomic mass is 35.5. The first-order valence-electron chi connectivity index (χ1n) is 3.88. The number of amides is 1. The Labute approximate surface area is 85.3 Å². The molecule has 0 fully saturated rings. The standard InChI is InChI=1S/C7H10ClN3OS/c1-5-10-11-7(13-5)9-6(12)3-2-4-8/h2-4H2,1H3,(H,9,11,12). The van der Waals surface area contributed by atoms with E-state index >= 15 is 0 Å². The molecule has 0 bridgehead atoms. The molecule has 0 aliphatic heterocycles. The summed E-state index contributed by atoms with van der Waals surface area (Å²) in [6.45, 7) is 1.84. The van der Waals surface area contributed by atoms with Crippen molar-refractivity contribution in [2.75, 3.05) is 11.2 Å². The third-order valence-corrected chi connectivity index (χ3v) is 2.33. The minimum Gasteiger partial charge on any atom is -0.301 e. The number of alkyl halides is 1. The molecule has 1 rings (SSSR count). The molecule has 72 valence electrons. The van der Waals surface area contributed by atoms with E-state index < -0.39 is 0 Å². The lowest BCUT2D eigenvalue weighted by molar-refractivity contribution is -0.116. The lowest BCUT2D eigenvalue weighted by Gasteiger charge is -1.97. The molecule has 0 spiro atoms. The average molecular weight is 220 g/mol. The van der Waals surface area contributed by atoms with E-state index in [4.69, 9.17) is 11.6 Å². The summed E-state index contributed by atoms with van der Waals surface area (Å²) in [4.78, 5) is 11.1. The van der Waals surface area contributed by atoms with Gasteiger partial charge >= 0.3 is 0 Å². The number of hydrogen-bond acceptors (Lipinski definition) is 4. The van der Waals surface area contributed by atoms with E-state index in [1.807, 2.05) is 6.92 Å². The van der Waals surface area contributed by atoms with E-state index in [0.717, 1.165) is 5.01 Å². The first-order chi connectivity index (χ1) is 6.22. The molecule has 0 radical (unpaired) electrons. The fraction of sp³-hybridized carbons (Fsp3) is 0.571. The van der Waals surface area contributed by atoms with Gasteiger partial charge in [0.1, 0.15) is 5.01 Å². The quantitative estimate of drug-likeness (QED) is 0.786. The molecule has 1 amide bonds. The highest BCUT2D eigenvalue weighted by molar-refractivity contribution is 7.15. The molecular formula is C7H10ClN3OS. The zero-order valence-electron chi connectivity index (χ0n) is 7.21. The van der Waals surface area contributed by atoms with E-state index in [2.05, 4.69) is 15.5 Å².